The van der Waals surface area contributed by atoms with Crippen molar-refractivity contribution in [2.24, 2.45) is 11.8 Å². The first-order valence-corrected chi connectivity index (χ1v) is 16.7. The predicted molar refractivity (Wildman–Crippen MR) is 184 cm³/mol. The van der Waals surface area contributed by atoms with Gasteiger partial charge in [0.25, 0.3) is 0 Å². The number of rotatable bonds is 0. The van der Waals surface area contributed by atoms with E-state index in [-0.39, 0.29) is 63.9 Å². The maximum atomic E-state index is 11.9. The lowest BCUT2D eigenvalue weighted by atomic mass is 9.90. The summed E-state index contributed by atoms with van der Waals surface area (Å²) in [5, 5.41) is 93.2. The van der Waals surface area contributed by atoms with Crippen LogP contribution in [0.5, 0.6) is 0 Å². The average Bonchev–Trinajstić information content (AvgIpc) is 2.99. The molecule has 0 saturated carbocycles. The zero-order valence-electron chi connectivity index (χ0n) is 28.1. The summed E-state index contributed by atoms with van der Waals surface area (Å²) >= 11 is 0. The van der Waals surface area contributed by atoms with Gasteiger partial charge in [-0.3, -0.25) is 0 Å². The first-order chi connectivity index (χ1) is 22.8. The minimum absolute atomic E-state index is 0.0627. The van der Waals surface area contributed by atoms with Crippen LogP contribution in [0.25, 0.3) is 0 Å². The number of ether oxygens (including phenoxy) is 1. The third-order valence-electron chi connectivity index (χ3n) is 7.86. The van der Waals surface area contributed by atoms with Gasteiger partial charge in [-0.2, -0.15) is 0 Å². The Kier molecular flexibility index (Phi) is 22.8. The molecule has 48 heavy (non-hydrogen) atoms. The van der Waals surface area contributed by atoms with Gasteiger partial charge in [0.15, 0.2) is 0 Å². The Hall–Kier alpha value is -2.71. The molecule has 0 aromatic rings. The number of hydrogen-bond donors (Lipinski definition) is 9. The molecule has 11 atom stereocenters. The van der Waals surface area contributed by atoms with E-state index < -0.39 is 66.8 Å². The van der Waals surface area contributed by atoms with Crippen molar-refractivity contribution < 1.29 is 55.5 Å². The Labute approximate surface area is 284 Å². The van der Waals surface area contributed by atoms with Gasteiger partial charge in [0.1, 0.15) is 0 Å². The molecule has 0 amide bonds. The summed E-state index contributed by atoms with van der Waals surface area (Å²) in [6, 6.07) is 0. The van der Waals surface area contributed by atoms with E-state index in [0.717, 1.165) is 0 Å². The normalized spacial score (nSPS) is 35.7. The molecular formula is C37H58O11. The van der Waals surface area contributed by atoms with Crippen LogP contribution >= 0.6 is 0 Å². The largest absolute Gasteiger partial charge is 0.462 e. The number of aliphatic hydroxyl groups excluding tert-OH is 9. The Morgan fingerprint density at radius 3 is 1.44 bits per heavy atom. The van der Waals surface area contributed by atoms with Crippen molar-refractivity contribution in [1.82, 2.24) is 0 Å². The molecule has 1 aliphatic rings. The van der Waals surface area contributed by atoms with Crippen LogP contribution in [-0.2, 0) is 9.53 Å². The number of hydrogen-bond acceptors (Lipinski definition) is 11. The number of esters is 1. The van der Waals surface area contributed by atoms with Crippen molar-refractivity contribution in [3.05, 3.63) is 85.1 Å². The molecule has 0 spiro atoms. The smallest absolute Gasteiger partial charge is 0.330 e. The second-order valence-electron chi connectivity index (χ2n) is 12.7. The summed E-state index contributed by atoms with van der Waals surface area (Å²) in [5.41, 5.74) is 0. The predicted octanol–water partition coefficient (Wildman–Crippen LogP) is 2.08. The highest BCUT2D eigenvalue weighted by Gasteiger charge is 2.26. The summed E-state index contributed by atoms with van der Waals surface area (Å²) in [6.45, 7) is 3.56. The Morgan fingerprint density at radius 2 is 0.938 bits per heavy atom. The van der Waals surface area contributed by atoms with Gasteiger partial charge in [-0.1, -0.05) is 92.8 Å². The number of carbonyl (C=O) groups excluding carboxylic acids is 1. The van der Waals surface area contributed by atoms with E-state index in [2.05, 4.69) is 0 Å². The molecule has 1 rings (SSSR count). The van der Waals surface area contributed by atoms with E-state index in [1.165, 1.54) is 12.2 Å². The molecule has 11 heteroatoms. The minimum Gasteiger partial charge on any atom is -0.462 e. The average molecular weight is 679 g/mol. The lowest BCUT2D eigenvalue weighted by molar-refractivity contribution is -0.138. The highest BCUT2D eigenvalue weighted by Crippen LogP contribution is 2.20. The number of carbonyl (C=O) groups is 1. The Bertz CT molecular complexity index is 1080. The fourth-order valence-electron chi connectivity index (χ4n) is 5.05. The fraction of sp³-hybridized carbons (Fsp3) is 0.595. The van der Waals surface area contributed by atoms with Crippen molar-refractivity contribution >= 4 is 5.97 Å². The van der Waals surface area contributed by atoms with Crippen molar-refractivity contribution in [3.63, 3.8) is 0 Å². The Morgan fingerprint density at radius 1 is 0.521 bits per heavy atom. The highest BCUT2D eigenvalue weighted by molar-refractivity contribution is 5.82. The summed E-state index contributed by atoms with van der Waals surface area (Å²) in [6.07, 6.45) is 13.7. The van der Waals surface area contributed by atoms with E-state index in [1.807, 2.05) is 24.3 Å². The molecule has 0 aromatic heterocycles. The van der Waals surface area contributed by atoms with Crippen molar-refractivity contribution in [3.8, 4) is 0 Å². The van der Waals surface area contributed by atoms with Gasteiger partial charge in [-0.05, 0) is 44.9 Å². The van der Waals surface area contributed by atoms with E-state index in [1.54, 1.807) is 62.5 Å². The summed E-state index contributed by atoms with van der Waals surface area (Å²) in [4.78, 5) is 11.9. The molecular weight excluding hydrogens is 620 g/mol. The maximum Gasteiger partial charge on any atom is 0.330 e. The van der Waals surface area contributed by atoms with Gasteiger partial charge in [0, 0.05) is 24.3 Å². The van der Waals surface area contributed by atoms with Crippen LogP contribution in [0.3, 0.4) is 0 Å². The lowest BCUT2D eigenvalue weighted by Crippen LogP contribution is -2.34. The van der Waals surface area contributed by atoms with Crippen molar-refractivity contribution in [2.75, 3.05) is 6.61 Å². The van der Waals surface area contributed by atoms with Gasteiger partial charge in [0.2, 0.25) is 0 Å². The second kappa shape index (κ2) is 25.3. The first kappa shape index (κ1) is 43.3. The van der Waals surface area contributed by atoms with Crippen LogP contribution < -0.4 is 0 Å². The van der Waals surface area contributed by atoms with Crippen LogP contribution in [-0.4, -0.2) is 113 Å². The van der Waals surface area contributed by atoms with E-state index in [4.69, 9.17) is 4.74 Å². The molecule has 0 fully saturated rings. The summed E-state index contributed by atoms with van der Waals surface area (Å²) in [5.74, 6) is -1.26. The zero-order chi connectivity index (χ0) is 35.9. The van der Waals surface area contributed by atoms with Gasteiger partial charge in [0.05, 0.1) is 61.5 Å². The molecule has 0 bridgehead atoms. The summed E-state index contributed by atoms with van der Waals surface area (Å²) < 4.78 is 5.20. The standard InChI is InChI=1S/C37H58O11/c1-26-16-17-28(38)18-29(39)19-30(40)20-31(41)21-32(42)22-33(43)23-34(44)24-36(46)27(2)35(45)14-12-10-8-6-4-3-5-7-9-11-13-15-37(47)48-25-26/h3-13,15-17,26-36,38-46H,14,18-25H2,1-2H3. The SMILES string of the molecule is CC1C=CC(O)CC(O)CC(O)CC(O)CC(O)CC(O)CC(O)CC(O)C(C)C(O)CC=CC=CC=CC=CC=CC=CC(=O)OC1. The van der Waals surface area contributed by atoms with Crippen LogP contribution in [0.2, 0.25) is 0 Å². The van der Waals surface area contributed by atoms with Crippen LogP contribution in [0.4, 0.5) is 0 Å². The third-order valence-corrected chi connectivity index (χ3v) is 7.86. The van der Waals surface area contributed by atoms with Gasteiger partial charge < -0.3 is 50.7 Å². The molecule has 9 N–H and O–H groups in total. The fourth-order valence-corrected chi connectivity index (χ4v) is 5.05. The topological polar surface area (TPSA) is 208 Å². The van der Waals surface area contributed by atoms with Gasteiger partial charge in [-0.15, -0.1) is 0 Å². The van der Waals surface area contributed by atoms with E-state index in [0.29, 0.717) is 0 Å². The monoisotopic (exact) mass is 678 g/mol. The zero-order valence-corrected chi connectivity index (χ0v) is 28.1. The maximum absolute atomic E-state index is 11.9. The molecule has 11 unspecified atom stereocenters. The number of aliphatic hydroxyl groups is 9. The van der Waals surface area contributed by atoms with Crippen molar-refractivity contribution in [2.45, 2.75) is 120 Å². The molecule has 0 saturated heterocycles. The van der Waals surface area contributed by atoms with E-state index >= 15 is 0 Å². The van der Waals surface area contributed by atoms with Gasteiger partial charge in [-0.25, -0.2) is 4.79 Å². The molecule has 1 heterocycles. The number of cyclic esters (lactones) is 1. The minimum atomic E-state index is -1.13. The lowest BCUT2D eigenvalue weighted by Gasteiger charge is -2.26. The molecule has 272 valence electrons. The molecule has 1 aliphatic heterocycles. The second-order valence-corrected chi connectivity index (χ2v) is 12.7. The molecule has 0 radical (unpaired) electrons. The quantitative estimate of drug-likeness (QED) is 0.134. The van der Waals surface area contributed by atoms with E-state index in [9.17, 15) is 50.8 Å². The van der Waals surface area contributed by atoms with Gasteiger partial charge >= 0.3 is 5.97 Å². The first-order valence-electron chi connectivity index (χ1n) is 16.7. The van der Waals surface area contributed by atoms with Crippen LogP contribution in [0.1, 0.15) is 65.2 Å². The number of allylic oxidation sites excluding steroid dienone is 10. The molecule has 11 nitrogen and oxygen atoms in total. The Balaban J connectivity index is 2.84. The molecule has 0 aromatic carbocycles. The summed E-state index contributed by atoms with van der Waals surface area (Å²) in [7, 11) is 0. The van der Waals surface area contributed by atoms with Crippen LogP contribution in [0, 0.1) is 11.8 Å². The van der Waals surface area contributed by atoms with Crippen LogP contribution in [0.15, 0.2) is 85.1 Å². The highest BCUT2D eigenvalue weighted by atomic mass is 16.5. The molecule has 0 aliphatic carbocycles. The van der Waals surface area contributed by atoms with Crippen molar-refractivity contribution in [1.29, 1.82) is 0 Å². The third kappa shape index (κ3) is 22.0.